The molecule has 0 bridgehead atoms. The third kappa shape index (κ3) is 5.09. The fourth-order valence-corrected chi connectivity index (χ4v) is 4.79. The number of hydrogen-bond donors (Lipinski definition) is 1. The van der Waals surface area contributed by atoms with Crippen molar-refractivity contribution in [1.29, 1.82) is 0 Å². The standard InChI is InChI=1S/C23H27N5OS/c24-22(29)21(19-12-6-2-7-13-19)30-23-26-25-20(17-27-14-8-3-9-15-27)28(23)16-18-10-4-1-5-11-18/h1-2,4-7,10-13,21H,3,8-9,14-17H2,(H2,24,29)/t21-/m1/s1. The predicted octanol–water partition coefficient (Wildman–Crippen LogP) is 3.63. The van der Waals surface area contributed by atoms with Gasteiger partial charge in [-0.15, -0.1) is 10.2 Å². The average Bonchev–Trinajstić information content (AvgIpc) is 3.14. The Morgan fingerprint density at radius 3 is 2.27 bits per heavy atom. The number of amides is 1. The van der Waals surface area contributed by atoms with Crippen LogP contribution in [0.1, 0.15) is 41.5 Å². The van der Waals surface area contributed by atoms with Crippen molar-refractivity contribution < 1.29 is 4.79 Å². The van der Waals surface area contributed by atoms with Crippen LogP contribution in [-0.4, -0.2) is 38.7 Å². The lowest BCUT2D eigenvalue weighted by Gasteiger charge is -2.26. The Morgan fingerprint density at radius 1 is 0.933 bits per heavy atom. The van der Waals surface area contributed by atoms with Gasteiger partial charge in [-0.1, -0.05) is 78.8 Å². The van der Waals surface area contributed by atoms with Gasteiger partial charge >= 0.3 is 0 Å². The van der Waals surface area contributed by atoms with Crippen molar-refractivity contribution in [3.8, 4) is 0 Å². The number of thioether (sulfide) groups is 1. The number of benzene rings is 2. The first-order valence-electron chi connectivity index (χ1n) is 10.4. The largest absolute Gasteiger partial charge is 0.368 e. The van der Waals surface area contributed by atoms with Crippen LogP contribution in [0.4, 0.5) is 0 Å². The Labute approximate surface area is 181 Å². The number of nitrogens with zero attached hydrogens (tertiary/aromatic N) is 4. The van der Waals surface area contributed by atoms with Crippen LogP contribution in [0.25, 0.3) is 0 Å². The Balaban J connectivity index is 1.63. The van der Waals surface area contributed by atoms with Crippen molar-refractivity contribution in [3.63, 3.8) is 0 Å². The molecule has 0 unspecified atom stereocenters. The number of piperidine rings is 1. The van der Waals surface area contributed by atoms with Crippen LogP contribution in [-0.2, 0) is 17.9 Å². The van der Waals surface area contributed by atoms with E-state index in [1.54, 1.807) is 0 Å². The summed E-state index contributed by atoms with van der Waals surface area (Å²) in [6.45, 7) is 3.62. The highest BCUT2D eigenvalue weighted by atomic mass is 32.2. The molecule has 6 nitrogen and oxygen atoms in total. The lowest BCUT2D eigenvalue weighted by Crippen LogP contribution is -2.30. The van der Waals surface area contributed by atoms with Gasteiger partial charge in [-0.2, -0.15) is 0 Å². The molecule has 3 aromatic rings. The van der Waals surface area contributed by atoms with Gasteiger partial charge in [0.1, 0.15) is 11.1 Å². The minimum absolute atomic E-state index is 0.377. The van der Waals surface area contributed by atoms with Crippen LogP contribution >= 0.6 is 11.8 Å². The summed E-state index contributed by atoms with van der Waals surface area (Å²) in [5.74, 6) is 0.553. The number of carbonyl (C=O) groups excluding carboxylic acids is 1. The van der Waals surface area contributed by atoms with Gasteiger partial charge in [0.15, 0.2) is 5.16 Å². The Morgan fingerprint density at radius 2 is 1.60 bits per heavy atom. The summed E-state index contributed by atoms with van der Waals surface area (Å²) in [7, 11) is 0. The van der Waals surface area contributed by atoms with E-state index in [2.05, 4.69) is 31.8 Å². The number of aromatic nitrogens is 3. The molecule has 1 aliphatic rings. The Bertz CT molecular complexity index is 954. The molecule has 1 amide bonds. The van der Waals surface area contributed by atoms with Gasteiger partial charge in [0.2, 0.25) is 5.91 Å². The molecule has 1 aromatic heterocycles. The van der Waals surface area contributed by atoms with Gasteiger partial charge < -0.3 is 10.3 Å². The van der Waals surface area contributed by atoms with Crippen LogP contribution in [0.2, 0.25) is 0 Å². The van der Waals surface area contributed by atoms with Gasteiger partial charge in [-0.25, -0.2) is 0 Å². The predicted molar refractivity (Wildman–Crippen MR) is 119 cm³/mol. The summed E-state index contributed by atoms with van der Waals surface area (Å²) >= 11 is 1.37. The van der Waals surface area contributed by atoms with E-state index in [1.807, 2.05) is 48.5 Å². The highest BCUT2D eigenvalue weighted by Crippen LogP contribution is 2.34. The van der Waals surface area contributed by atoms with Crippen molar-refractivity contribution in [1.82, 2.24) is 19.7 Å². The third-order valence-corrected chi connectivity index (χ3v) is 6.63. The first-order valence-corrected chi connectivity index (χ1v) is 11.3. The quantitative estimate of drug-likeness (QED) is 0.562. The molecule has 0 spiro atoms. The van der Waals surface area contributed by atoms with Gasteiger partial charge in [0.25, 0.3) is 0 Å². The molecule has 1 atom stereocenters. The van der Waals surface area contributed by atoms with E-state index in [0.29, 0.717) is 6.54 Å². The molecule has 1 fully saturated rings. The maximum atomic E-state index is 12.2. The van der Waals surface area contributed by atoms with E-state index in [1.165, 1.54) is 36.6 Å². The highest BCUT2D eigenvalue weighted by Gasteiger charge is 2.24. The molecule has 1 saturated heterocycles. The van der Waals surface area contributed by atoms with Crippen molar-refractivity contribution in [3.05, 3.63) is 77.6 Å². The smallest absolute Gasteiger partial charge is 0.235 e. The first kappa shape index (κ1) is 20.6. The second kappa shape index (κ2) is 9.91. The average molecular weight is 422 g/mol. The van der Waals surface area contributed by atoms with Crippen LogP contribution in [0, 0.1) is 0 Å². The number of carbonyl (C=O) groups is 1. The first-order chi connectivity index (χ1) is 14.7. The second-order valence-electron chi connectivity index (χ2n) is 7.62. The molecule has 2 aromatic carbocycles. The zero-order valence-electron chi connectivity index (χ0n) is 17.0. The number of likely N-dealkylation sites (tertiary alicyclic amines) is 1. The maximum absolute atomic E-state index is 12.2. The van der Waals surface area contributed by atoms with E-state index < -0.39 is 5.25 Å². The molecule has 1 aliphatic heterocycles. The van der Waals surface area contributed by atoms with Crippen molar-refractivity contribution >= 4 is 17.7 Å². The zero-order valence-corrected chi connectivity index (χ0v) is 17.8. The molecule has 7 heteroatoms. The summed E-state index contributed by atoms with van der Waals surface area (Å²) in [4.78, 5) is 14.7. The summed E-state index contributed by atoms with van der Waals surface area (Å²) < 4.78 is 2.13. The minimum Gasteiger partial charge on any atom is -0.368 e. The molecule has 2 N–H and O–H groups in total. The SMILES string of the molecule is NC(=O)[C@H](Sc1nnc(CN2CCCCC2)n1Cc1ccccc1)c1ccccc1. The monoisotopic (exact) mass is 421 g/mol. The number of hydrogen-bond acceptors (Lipinski definition) is 5. The van der Waals surface area contributed by atoms with Crippen LogP contribution in [0.3, 0.4) is 0 Å². The molecular formula is C23H27N5OS. The van der Waals surface area contributed by atoms with E-state index in [-0.39, 0.29) is 5.91 Å². The van der Waals surface area contributed by atoms with Gasteiger partial charge in [-0.05, 0) is 37.1 Å². The van der Waals surface area contributed by atoms with E-state index in [0.717, 1.165) is 36.2 Å². The third-order valence-electron chi connectivity index (χ3n) is 5.37. The molecule has 4 rings (SSSR count). The molecule has 156 valence electrons. The molecule has 30 heavy (non-hydrogen) atoms. The maximum Gasteiger partial charge on any atom is 0.235 e. The summed E-state index contributed by atoms with van der Waals surface area (Å²) in [6.07, 6.45) is 3.75. The molecule has 2 heterocycles. The Kier molecular flexibility index (Phi) is 6.81. The van der Waals surface area contributed by atoms with E-state index in [9.17, 15) is 4.79 Å². The lowest BCUT2D eigenvalue weighted by atomic mass is 10.1. The molecule has 0 aliphatic carbocycles. The molecular weight excluding hydrogens is 394 g/mol. The van der Waals surface area contributed by atoms with Crippen LogP contribution in [0.5, 0.6) is 0 Å². The van der Waals surface area contributed by atoms with Gasteiger partial charge in [0, 0.05) is 0 Å². The summed E-state index contributed by atoms with van der Waals surface area (Å²) in [5, 5.41) is 9.19. The highest BCUT2D eigenvalue weighted by molar-refractivity contribution is 8.00. The van der Waals surface area contributed by atoms with Gasteiger partial charge in [-0.3, -0.25) is 9.69 Å². The normalized spacial score (nSPS) is 15.7. The van der Waals surface area contributed by atoms with Gasteiger partial charge in [0.05, 0.1) is 13.1 Å². The van der Waals surface area contributed by atoms with E-state index in [4.69, 9.17) is 5.73 Å². The van der Waals surface area contributed by atoms with E-state index >= 15 is 0 Å². The van der Waals surface area contributed by atoms with Crippen LogP contribution in [0.15, 0.2) is 65.8 Å². The fourth-order valence-electron chi connectivity index (χ4n) is 3.79. The van der Waals surface area contributed by atoms with Crippen molar-refractivity contribution in [2.45, 2.75) is 42.8 Å². The Hall–Kier alpha value is -2.64. The second-order valence-corrected chi connectivity index (χ2v) is 8.69. The summed E-state index contributed by atoms with van der Waals surface area (Å²) in [6, 6.07) is 19.9. The van der Waals surface area contributed by atoms with Crippen molar-refractivity contribution in [2.75, 3.05) is 13.1 Å². The topological polar surface area (TPSA) is 77.0 Å². The zero-order chi connectivity index (χ0) is 20.8. The molecule has 0 radical (unpaired) electrons. The number of rotatable bonds is 8. The van der Waals surface area contributed by atoms with Crippen LogP contribution < -0.4 is 5.73 Å². The summed E-state index contributed by atoms with van der Waals surface area (Å²) in [5.41, 5.74) is 7.80. The number of primary amides is 1. The number of nitrogens with two attached hydrogens (primary N) is 1. The van der Waals surface area contributed by atoms with Crippen molar-refractivity contribution in [2.24, 2.45) is 5.73 Å². The lowest BCUT2D eigenvalue weighted by molar-refractivity contribution is -0.117. The minimum atomic E-state index is -0.507. The fraction of sp³-hybridized carbons (Fsp3) is 0.348. The molecule has 0 saturated carbocycles.